The molecule has 0 aromatic heterocycles. The SMILES string of the molecule is CCOC1CC(N)C1NC(=O)C1CCOC1. The van der Waals surface area contributed by atoms with Gasteiger partial charge in [0.2, 0.25) is 5.91 Å². The average Bonchev–Trinajstić information content (AvgIpc) is 2.79. The lowest BCUT2D eigenvalue weighted by Gasteiger charge is -2.42. The molecule has 2 aliphatic rings. The lowest BCUT2D eigenvalue weighted by Crippen LogP contribution is -2.65. The minimum Gasteiger partial charge on any atom is -0.381 e. The molecule has 1 saturated heterocycles. The average molecular weight is 228 g/mol. The molecule has 4 atom stereocenters. The maximum atomic E-state index is 11.8. The van der Waals surface area contributed by atoms with Crippen molar-refractivity contribution in [1.82, 2.24) is 5.32 Å². The van der Waals surface area contributed by atoms with E-state index in [1.807, 2.05) is 6.92 Å². The molecule has 5 nitrogen and oxygen atoms in total. The Hall–Kier alpha value is -0.650. The van der Waals surface area contributed by atoms with Crippen LogP contribution in [0.2, 0.25) is 0 Å². The molecule has 0 aromatic rings. The molecule has 2 rings (SSSR count). The van der Waals surface area contributed by atoms with E-state index in [-0.39, 0.29) is 30.0 Å². The standard InChI is InChI=1S/C11H20N2O3/c1-2-16-9-5-8(12)10(9)13-11(14)7-3-4-15-6-7/h7-10H,2-6,12H2,1H3,(H,13,14). The van der Waals surface area contributed by atoms with E-state index in [9.17, 15) is 4.79 Å². The van der Waals surface area contributed by atoms with Crippen LogP contribution in [0.3, 0.4) is 0 Å². The smallest absolute Gasteiger partial charge is 0.225 e. The van der Waals surface area contributed by atoms with Crippen molar-refractivity contribution >= 4 is 5.91 Å². The van der Waals surface area contributed by atoms with Crippen LogP contribution < -0.4 is 11.1 Å². The van der Waals surface area contributed by atoms with Gasteiger partial charge in [-0.15, -0.1) is 0 Å². The van der Waals surface area contributed by atoms with Crippen LogP contribution in [0.4, 0.5) is 0 Å². The van der Waals surface area contributed by atoms with Gasteiger partial charge in [-0.25, -0.2) is 0 Å². The summed E-state index contributed by atoms with van der Waals surface area (Å²) >= 11 is 0. The third-order valence-electron chi connectivity index (χ3n) is 3.36. The first-order chi connectivity index (χ1) is 7.72. The molecule has 2 fully saturated rings. The van der Waals surface area contributed by atoms with E-state index in [0.29, 0.717) is 19.8 Å². The fourth-order valence-electron chi connectivity index (χ4n) is 2.25. The highest BCUT2D eigenvalue weighted by atomic mass is 16.5. The Balaban J connectivity index is 1.80. The Morgan fingerprint density at radius 3 is 3.00 bits per heavy atom. The van der Waals surface area contributed by atoms with Crippen LogP contribution >= 0.6 is 0 Å². The largest absolute Gasteiger partial charge is 0.381 e. The van der Waals surface area contributed by atoms with Gasteiger partial charge in [0.1, 0.15) is 0 Å². The van der Waals surface area contributed by atoms with Crippen LogP contribution in [0.1, 0.15) is 19.8 Å². The number of amides is 1. The van der Waals surface area contributed by atoms with Gasteiger partial charge in [-0.05, 0) is 19.8 Å². The highest BCUT2D eigenvalue weighted by Crippen LogP contribution is 2.23. The van der Waals surface area contributed by atoms with Crippen molar-refractivity contribution in [2.24, 2.45) is 11.7 Å². The number of hydrogen-bond acceptors (Lipinski definition) is 4. The van der Waals surface area contributed by atoms with E-state index < -0.39 is 0 Å². The molecular formula is C11H20N2O3. The number of nitrogens with two attached hydrogens (primary N) is 1. The van der Waals surface area contributed by atoms with Crippen LogP contribution in [-0.2, 0) is 14.3 Å². The summed E-state index contributed by atoms with van der Waals surface area (Å²) in [7, 11) is 0. The molecule has 0 radical (unpaired) electrons. The highest BCUT2D eigenvalue weighted by Gasteiger charge is 2.41. The van der Waals surface area contributed by atoms with Gasteiger partial charge in [-0.1, -0.05) is 0 Å². The second kappa shape index (κ2) is 5.12. The third-order valence-corrected chi connectivity index (χ3v) is 3.36. The van der Waals surface area contributed by atoms with Gasteiger partial charge in [-0.2, -0.15) is 0 Å². The summed E-state index contributed by atoms with van der Waals surface area (Å²) in [6.07, 6.45) is 1.74. The van der Waals surface area contributed by atoms with E-state index in [1.165, 1.54) is 0 Å². The maximum absolute atomic E-state index is 11.8. The van der Waals surface area contributed by atoms with Crippen LogP contribution in [0, 0.1) is 5.92 Å². The monoisotopic (exact) mass is 228 g/mol. The number of ether oxygens (including phenoxy) is 2. The molecule has 16 heavy (non-hydrogen) atoms. The molecule has 3 N–H and O–H groups in total. The van der Waals surface area contributed by atoms with Gasteiger partial charge < -0.3 is 20.5 Å². The van der Waals surface area contributed by atoms with Crippen molar-refractivity contribution in [3.8, 4) is 0 Å². The number of hydrogen-bond donors (Lipinski definition) is 2. The van der Waals surface area contributed by atoms with Crippen molar-refractivity contribution in [3.63, 3.8) is 0 Å². The zero-order valence-electron chi connectivity index (χ0n) is 9.65. The number of nitrogens with one attached hydrogen (secondary N) is 1. The van der Waals surface area contributed by atoms with Crippen molar-refractivity contribution in [3.05, 3.63) is 0 Å². The van der Waals surface area contributed by atoms with E-state index >= 15 is 0 Å². The van der Waals surface area contributed by atoms with Gasteiger partial charge in [0.05, 0.1) is 24.7 Å². The second-order valence-electron chi connectivity index (χ2n) is 4.49. The van der Waals surface area contributed by atoms with Gasteiger partial charge in [0.15, 0.2) is 0 Å². The topological polar surface area (TPSA) is 73.6 Å². The number of carbonyl (C=O) groups is 1. The summed E-state index contributed by atoms with van der Waals surface area (Å²) in [5, 5.41) is 2.97. The lowest BCUT2D eigenvalue weighted by molar-refractivity contribution is -0.129. The summed E-state index contributed by atoms with van der Waals surface area (Å²) in [5.74, 6) is 0.0532. The molecule has 1 heterocycles. The van der Waals surface area contributed by atoms with Crippen molar-refractivity contribution < 1.29 is 14.3 Å². The fraction of sp³-hybridized carbons (Fsp3) is 0.909. The third kappa shape index (κ3) is 2.36. The number of carbonyl (C=O) groups excluding carboxylic acids is 1. The normalized spacial score (nSPS) is 38.1. The number of rotatable bonds is 4. The van der Waals surface area contributed by atoms with E-state index in [0.717, 1.165) is 12.8 Å². The Kier molecular flexibility index (Phi) is 3.78. The quantitative estimate of drug-likeness (QED) is 0.689. The first-order valence-electron chi connectivity index (χ1n) is 5.97. The van der Waals surface area contributed by atoms with Crippen LogP contribution in [0.25, 0.3) is 0 Å². The predicted molar refractivity (Wildman–Crippen MR) is 58.9 cm³/mol. The first-order valence-corrected chi connectivity index (χ1v) is 5.97. The Bertz CT molecular complexity index is 252. The molecule has 92 valence electrons. The zero-order valence-corrected chi connectivity index (χ0v) is 9.65. The van der Waals surface area contributed by atoms with E-state index in [2.05, 4.69) is 5.32 Å². The molecule has 4 unspecified atom stereocenters. The highest BCUT2D eigenvalue weighted by molar-refractivity contribution is 5.79. The minimum absolute atomic E-state index is 0.00456. The first kappa shape index (κ1) is 11.8. The summed E-state index contributed by atoms with van der Waals surface area (Å²) in [6, 6.07) is 0.0101. The Labute approximate surface area is 95.7 Å². The molecule has 0 bridgehead atoms. The Morgan fingerprint density at radius 2 is 2.44 bits per heavy atom. The van der Waals surface area contributed by atoms with Crippen LogP contribution in [-0.4, -0.2) is 43.9 Å². The van der Waals surface area contributed by atoms with E-state index in [4.69, 9.17) is 15.2 Å². The molecule has 1 aliphatic carbocycles. The Morgan fingerprint density at radius 1 is 1.62 bits per heavy atom. The van der Waals surface area contributed by atoms with Gasteiger partial charge in [0.25, 0.3) is 0 Å². The summed E-state index contributed by atoms with van der Waals surface area (Å²) in [5.41, 5.74) is 5.86. The van der Waals surface area contributed by atoms with Crippen molar-refractivity contribution in [1.29, 1.82) is 0 Å². The summed E-state index contributed by atoms with van der Waals surface area (Å²) < 4.78 is 10.7. The maximum Gasteiger partial charge on any atom is 0.225 e. The molecule has 1 saturated carbocycles. The predicted octanol–water partition coefficient (Wildman–Crippen LogP) is -0.356. The van der Waals surface area contributed by atoms with Gasteiger partial charge >= 0.3 is 0 Å². The zero-order chi connectivity index (χ0) is 11.5. The minimum atomic E-state index is -0.0203. The summed E-state index contributed by atoms with van der Waals surface area (Å²) in [4.78, 5) is 11.8. The van der Waals surface area contributed by atoms with Gasteiger partial charge in [-0.3, -0.25) is 4.79 Å². The van der Waals surface area contributed by atoms with Crippen LogP contribution in [0.15, 0.2) is 0 Å². The fourth-order valence-corrected chi connectivity index (χ4v) is 2.25. The van der Waals surface area contributed by atoms with Crippen molar-refractivity contribution in [2.45, 2.75) is 38.0 Å². The lowest BCUT2D eigenvalue weighted by atomic mass is 9.83. The van der Waals surface area contributed by atoms with Crippen LogP contribution in [0.5, 0.6) is 0 Å². The summed E-state index contributed by atoms with van der Waals surface area (Å²) in [6.45, 7) is 3.83. The van der Waals surface area contributed by atoms with Crippen molar-refractivity contribution in [2.75, 3.05) is 19.8 Å². The molecule has 0 aromatic carbocycles. The molecular weight excluding hydrogens is 208 g/mol. The molecule has 5 heteroatoms. The molecule has 1 amide bonds. The molecule has 0 spiro atoms. The second-order valence-corrected chi connectivity index (χ2v) is 4.49. The van der Waals surface area contributed by atoms with E-state index in [1.54, 1.807) is 0 Å². The van der Waals surface area contributed by atoms with Gasteiger partial charge in [0, 0.05) is 19.3 Å². The molecule has 1 aliphatic heterocycles.